The molecule has 1 fully saturated rings. The van der Waals surface area contributed by atoms with Crippen molar-refractivity contribution >= 4 is 0 Å². The van der Waals surface area contributed by atoms with E-state index < -0.39 is 11.6 Å². The van der Waals surface area contributed by atoms with Gasteiger partial charge in [-0.2, -0.15) is 10.3 Å². The van der Waals surface area contributed by atoms with Crippen LogP contribution in [0.25, 0.3) is 0 Å². The summed E-state index contributed by atoms with van der Waals surface area (Å²) in [6, 6.07) is 2.95. The average Bonchev–Trinajstić information content (AvgIpc) is 2.42. The van der Waals surface area contributed by atoms with E-state index in [1.807, 2.05) is 6.08 Å². The van der Waals surface area contributed by atoms with Crippen LogP contribution >= 0.6 is 0 Å². The van der Waals surface area contributed by atoms with Crippen molar-refractivity contribution in [3.63, 3.8) is 0 Å². The first-order valence-electron chi connectivity index (χ1n) is 6.14. The van der Waals surface area contributed by atoms with Crippen molar-refractivity contribution in [1.29, 1.82) is 0 Å². The summed E-state index contributed by atoms with van der Waals surface area (Å²) < 4.78 is 27.4. The van der Waals surface area contributed by atoms with Gasteiger partial charge in [0.25, 0.3) is 0 Å². The summed E-state index contributed by atoms with van der Waals surface area (Å²) in [5, 5.41) is 0. The van der Waals surface area contributed by atoms with Gasteiger partial charge in [0, 0.05) is 0 Å². The highest BCUT2D eigenvalue weighted by Crippen LogP contribution is 2.38. The van der Waals surface area contributed by atoms with Crippen molar-refractivity contribution in [2.24, 2.45) is 11.8 Å². The van der Waals surface area contributed by atoms with E-state index in [1.54, 1.807) is 6.07 Å². The monoisotopic (exact) mass is 253 g/mol. The van der Waals surface area contributed by atoms with E-state index in [2.05, 4.69) is 11.4 Å². The summed E-state index contributed by atoms with van der Waals surface area (Å²) in [5.41, 5.74) is 0.427. The molecule has 2 rings (SSSR count). The summed E-state index contributed by atoms with van der Waals surface area (Å²) in [7, 11) is 0. The van der Waals surface area contributed by atoms with Gasteiger partial charge in [0.15, 0.2) is 11.6 Å². The third-order valence-electron chi connectivity index (χ3n) is 3.75. The van der Waals surface area contributed by atoms with Crippen molar-refractivity contribution in [3.05, 3.63) is 42.0 Å². The van der Waals surface area contributed by atoms with Crippen molar-refractivity contribution in [2.45, 2.75) is 31.6 Å². The fraction of sp³-hybridized carbons (Fsp3) is 0.429. The summed E-state index contributed by atoms with van der Waals surface area (Å²) in [5.74, 6) is 3.35. The molecule has 0 spiro atoms. The molecule has 1 aliphatic carbocycles. The molecular formula is C14H17F2NO. The van der Waals surface area contributed by atoms with E-state index in [0.717, 1.165) is 25.7 Å². The lowest BCUT2D eigenvalue weighted by Gasteiger charge is -2.27. The fourth-order valence-corrected chi connectivity index (χ4v) is 2.62. The van der Waals surface area contributed by atoms with Gasteiger partial charge in [0.2, 0.25) is 5.82 Å². The molecule has 1 aromatic carbocycles. The van der Waals surface area contributed by atoms with Gasteiger partial charge >= 0.3 is 0 Å². The van der Waals surface area contributed by atoms with Gasteiger partial charge < -0.3 is 4.84 Å². The maximum Gasteiger partial charge on any atom is 0.203 e. The fourth-order valence-electron chi connectivity index (χ4n) is 2.62. The van der Waals surface area contributed by atoms with Gasteiger partial charge in [0.1, 0.15) is 0 Å². The van der Waals surface area contributed by atoms with Crippen LogP contribution in [0.15, 0.2) is 24.8 Å². The second kappa shape index (κ2) is 5.48. The van der Waals surface area contributed by atoms with Crippen molar-refractivity contribution in [1.82, 2.24) is 0 Å². The summed E-state index contributed by atoms with van der Waals surface area (Å²) in [6.45, 7) is 3.77. The topological polar surface area (TPSA) is 35.2 Å². The zero-order chi connectivity index (χ0) is 13.1. The molecule has 18 heavy (non-hydrogen) atoms. The van der Waals surface area contributed by atoms with Crippen LogP contribution in [0.4, 0.5) is 8.78 Å². The predicted molar refractivity (Wildman–Crippen MR) is 66.1 cm³/mol. The van der Waals surface area contributed by atoms with Gasteiger partial charge in [-0.1, -0.05) is 12.1 Å². The van der Waals surface area contributed by atoms with Crippen LogP contribution in [0.3, 0.4) is 0 Å². The Kier molecular flexibility index (Phi) is 3.97. The van der Waals surface area contributed by atoms with Gasteiger partial charge in [-0.05, 0) is 49.1 Å². The van der Waals surface area contributed by atoms with E-state index in [1.165, 1.54) is 6.07 Å². The molecule has 0 bridgehead atoms. The van der Waals surface area contributed by atoms with Crippen LogP contribution in [0.1, 0.15) is 37.2 Å². The van der Waals surface area contributed by atoms with Gasteiger partial charge in [-0.25, -0.2) is 4.39 Å². The summed E-state index contributed by atoms with van der Waals surface area (Å²) in [6.07, 6.45) is 5.61. The molecule has 0 aliphatic heterocycles. The van der Waals surface area contributed by atoms with Crippen LogP contribution in [-0.4, -0.2) is 0 Å². The molecule has 4 heteroatoms. The molecule has 0 unspecified atom stereocenters. The number of rotatable bonds is 3. The van der Waals surface area contributed by atoms with Crippen molar-refractivity contribution in [2.75, 3.05) is 0 Å². The Morgan fingerprint density at radius 2 is 1.83 bits per heavy atom. The maximum absolute atomic E-state index is 13.9. The Bertz CT molecular complexity index is 440. The van der Waals surface area contributed by atoms with E-state index in [0.29, 0.717) is 11.5 Å². The summed E-state index contributed by atoms with van der Waals surface area (Å²) in [4.78, 5) is 4.27. The molecular weight excluding hydrogens is 236 g/mol. The lowest BCUT2D eigenvalue weighted by molar-refractivity contribution is 0.304. The highest BCUT2D eigenvalue weighted by atomic mass is 19.2. The first-order chi connectivity index (χ1) is 8.67. The van der Waals surface area contributed by atoms with Crippen LogP contribution in [0, 0.1) is 17.6 Å². The molecule has 0 aromatic heterocycles. The van der Waals surface area contributed by atoms with E-state index in [4.69, 9.17) is 5.90 Å². The van der Waals surface area contributed by atoms with E-state index >= 15 is 0 Å². The molecule has 0 radical (unpaired) electrons. The van der Waals surface area contributed by atoms with Crippen LogP contribution in [-0.2, 0) is 0 Å². The van der Waals surface area contributed by atoms with Crippen LogP contribution < -0.4 is 10.7 Å². The minimum absolute atomic E-state index is 0.0718. The highest BCUT2D eigenvalue weighted by molar-refractivity contribution is 5.33. The zero-order valence-corrected chi connectivity index (χ0v) is 10.2. The molecule has 1 saturated carbocycles. The third kappa shape index (κ3) is 2.38. The average molecular weight is 253 g/mol. The lowest BCUT2D eigenvalue weighted by Crippen LogP contribution is -2.14. The van der Waals surface area contributed by atoms with Crippen molar-refractivity contribution in [3.8, 4) is 5.75 Å². The normalized spacial score (nSPS) is 23.7. The number of nitrogens with two attached hydrogens (primary N) is 1. The largest absolute Gasteiger partial charge is 0.408 e. The minimum Gasteiger partial charge on any atom is -0.408 e. The summed E-state index contributed by atoms with van der Waals surface area (Å²) >= 11 is 0. The molecule has 98 valence electrons. The van der Waals surface area contributed by atoms with Crippen LogP contribution in [0.2, 0.25) is 0 Å². The third-order valence-corrected chi connectivity index (χ3v) is 3.75. The smallest absolute Gasteiger partial charge is 0.203 e. The standard InChI is InChI=1S/C14H17F2NO/c1-2-9-3-5-10(6-4-9)11-7-8-12(18-17)14(16)13(11)15/h2,7-10H,1,3-6,17H2. The Morgan fingerprint density at radius 3 is 2.39 bits per heavy atom. The van der Waals surface area contributed by atoms with Gasteiger partial charge in [0.05, 0.1) is 0 Å². The predicted octanol–water partition coefficient (Wildman–Crippen LogP) is 3.68. The minimum atomic E-state index is -0.999. The van der Waals surface area contributed by atoms with Crippen LogP contribution in [0.5, 0.6) is 5.75 Å². The van der Waals surface area contributed by atoms with Gasteiger partial charge in [-0.15, -0.1) is 6.58 Å². The quantitative estimate of drug-likeness (QED) is 0.658. The molecule has 1 aromatic rings. The maximum atomic E-state index is 13.9. The second-order valence-electron chi connectivity index (χ2n) is 4.75. The van der Waals surface area contributed by atoms with Crippen molar-refractivity contribution < 1.29 is 13.6 Å². The molecule has 2 nitrogen and oxygen atoms in total. The Labute approximate surface area is 105 Å². The molecule has 0 saturated heterocycles. The highest BCUT2D eigenvalue weighted by Gasteiger charge is 2.25. The number of benzene rings is 1. The lowest BCUT2D eigenvalue weighted by atomic mass is 9.78. The molecule has 1 aliphatic rings. The first-order valence-corrected chi connectivity index (χ1v) is 6.14. The van der Waals surface area contributed by atoms with E-state index in [-0.39, 0.29) is 11.7 Å². The molecule has 0 atom stereocenters. The Balaban J connectivity index is 2.19. The first kappa shape index (κ1) is 13.0. The number of hydrogen-bond donors (Lipinski definition) is 1. The molecule has 0 amide bonds. The van der Waals surface area contributed by atoms with E-state index in [9.17, 15) is 8.78 Å². The number of allylic oxidation sites excluding steroid dienone is 1. The molecule has 2 N–H and O–H groups in total. The second-order valence-corrected chi connectivity index (χ2v) is 4.75. The number of hydrogen-bond acceptors (Lipinski definition) is 2. The van der Waals surface area contributed by atoms with Gasteiger partial charge in [-0.3, -0.25) is 0 Å². The zero-order valence-electron chi connectivity index (χ0n) is 10.2. The SMILES string of the molecule is C=CC1CCC(c2ccc(ON)c(F)c2F)CC1. The molecule has 0 heterocycles. The Hall–Kier alpha value is -1.42. The Morgan fingerprint density at radius 1 is 1.17 bits per heavy atom. The number of halogens is 2.